The van der Waals surface area contributed by atoms with E-state index in [4.69, 9.17) is 0 Å². The van der Waals surface area contributed by atoms with Crippen LogP contribution in [-0.2, 0) is 11.3 Å². The van der Waals surface area contributed by atoms with Crippen molar-refractivity contribution >= 4 is 28.7 Å². The molecule has 0 radical (unpaired) electrons. The molecule has 9 heteroatoms. The quantitative estimate of drug-likeness (QED) is 0.586. The molecule has 5 nitrogen and oxygen atoms in total. The molecule has 1 N–H and O–H groups in total. The number of H-pyrrole nitrogens is 1. The lowest BCUT2D eigenvalue weighted by Crippen LogP contribution is -2.28. The van der Waals surface area contributed by atoms with E-state index in [0.29, 0.717) is 0 Å². The van der Waals surface area contributed by atoms with Crippen molar-refractivity contribution in [3.63, 3.8) is 0 Å². The van der Waals surface area contributed by atoms with E-state index in [2.05, 4.69) is 14.7 Å². The van der Waals surface area contributed by atoms with Crippen LogP contribution in [0, 0.1) is 0 Å². The Morgan fingerprint density at radius 2 is 1.90 bits per heavy atom. The van der Waals surface area contributed by atoms with Gasteiger partial charge in [-0.25, -0.2) is 4.98 Å². The SMILES string of the molecule is CC(SCC(=O)N(C)Cc1ccccc1OC(F)(F)F)c1nc2ccccc2[nH]1. The average Bonchev–Trinajstić information content (AvgIpc) is 3.10. The molecule has 0 fully saturated rings. The highest BCUT2D eigenvalue weighted by Gasteiger charge is 2.32. The third-order valence-corrected chi connectivity index (χ3v) is 5.42. The van der Waals surface area contributed by atoms with Crippen LogP contribution in [0.25, 0.3) is 11.0 Å². The van der Waals surface area contributed by atoms with Crippen molar-refractivity contribution in [2.75, 3.05) is 12.8 Å². The van der Waals surface area contributed by atoms with Gasteiger partial charge in [0, 0.05) is 19.2 Å². The Morgan fingerprint density at radius 1 is 1.21 bits per heavy atom. The Balaban J connectivity index is 1.58. The first-order valence-electron chi connectivity index (χ1n) is 8.87. The van der Waals surface area contributed by atoms with Gasteiger partial charge in [-0.05, 0) is 25.1 Å². The number of para-hydroxylation sites is 3. The van der Waals surface area contributed by atoms with Gasteiger partial charge in [0.2, 0.25) is 5.91 Å². The van der Waals surface area contributed by atoms with Crippen LogP contribution < -0.4 is 4.74 Å². The van der Waals surface area contributed by atoms with Gasteiger partial charge in [0.25, 0.3) is 0 Å². The number of imidazole rings is 1. The summed E-state index contributed by atoms with van der Waals surface area (Å²) in [6.45, 7) is 1.97. The first-order valence-corrected chi connectivity index (χ1v) is 9.91. The molecular formula is C20H20F3N3O2S. The molecule has 0 aliphatic heterocycles. The van der Waals surface area contributed by atoms with Crippen LogP contribution in [0.2, 0.25) is 0 Å². The van der Waals surface area contributed by atoms with Crippen LogP contribution in [0.1, 0.15) is 23.6 Å². The maximum atomic E-state index is 12.6. The number of ether oxygens (including phenoxy) is 1. The van der Waals surface area contributed by atoms with Crippen molar-refractivity contribution in [1.82, 2.24) is 14.9 Å². The van der Waals surface area contributed by atoms with Crippen LogP contribution in [-0.4, -0.2) is 39.9 Å². The van der Waals surface area contributed by atoms with Crippen molar-refractivity contribution < 1.29 is 22.7 Å². The lowest BCUT2D eigenvalue weighted by atomic mass is 10.2. The van der Waals surface area contributed by atoms with Crippen molar-refractivity contribution in [2.45, 2.75) is 25.1 Å². The first kappa shape index (κ1) is 21.0. The minimum Gasteiger partial charge on any atom is -0.405 e. The second kappa shape index (κ2) is 8.77. The van der Waals surface area contributed by atoms with Crippen LogP contribution in [0.3, 0.4) is 0 Å². The number of rotatable bonds is 7. The van der Waals surface area contributed by atoms with Crippen LogP contribution in [0.15, 0.2) is 48.5 Å². The Labute approximate surface area is 170 Å². The standard InChI is InChI=1S/C20H20F3N3O2S/c1-13(19-24-15-8-4-5-9-16(15)25-19)29-12-18(27)26(2)11-14-7-3-6-10-17(14)28-20(21,22)23/h3-10,13H,11-12H2,1-2H3,(H,24,25). The molecule has 0 saturated heterocycles. The molecule has 0 saturated carbocycles. The minimum atomic E-state index is -4.78. The predicted molar refractivity (Wildman–Crippen MR) is 107 cm³/mol. The summed E-state index contributed by atoms with van der Waals surface area (Å²) in [6, 6.07) is 13.5. The Hall–Kier alpha value is -2.68. The fourth-order valence-corrected chi connectivity index (χ4v) is 3.64. The van der Waals surface area contributed by atoms with Gasteiger partial charge in [0.15, 0.2) is 0 Å². The van der Waals surface area contributed by atoms with Crippen LogP contribution in [0.5, 0.6) is 5.75 Å². The van der Waals surface area contributed by atoms with Gasteiger partial charge in [-0.1, -0.05) is 30.3 Å². The van der Waals surface area contributed by atoms with Crippen LogP contribution >= 0.6 is 11.8 Å². The number of aromatic amines is 1. The zero-order chi connectivity index (χ0) is 21.0. The largest absolute Gasteiger partial charge is 0.573 e. The number of halogens is 3. The van der Waals surface area contributed by atoms with E-state index in [-0.39, 0.29) is 34.8 Å². The van der Waals surface area contributed by atoms with Crippen LogP contribution in [0.4, 0.5) is 13.2 Å². The molecule has 1 amide bonds. The fourth-order valence-electron chi connectivity index (χ4n) is 2.75. The van der Waals surface area contributed by atoms with Gasteiger partial charge in [0.05, 0.1) is 22.0 Å². The lowest BCUT2D eigenvalue weighted by molar-refractivity contribution is -0.275. The van der Waals surface area contributed by atoms with Crippen molar-refractivity contribution in [1.29, 1.82) is 0 Å². The lowest BCUT2D eigenvalue weighted by Gasteiger charge is -2.20. The summed E-state index contributed by atoms with van der Waals surface area (Å²) in [7, 11) is 1.55. The average molecular weight is 423 g/mol. The van der Waals surface area contributed by atoms with E-state index in [9.17, 15) is 18.0 Å². The van der Waals surface area contributed by atoms with Gasteiger partial charge < -0.3 is 14.6 Å². The molecule has 0 spiro atoms. The number of carbonyl (C=O) groups excluding carboxylic acids is 1. The normalized spacial score (nSPS) is 12.7. The van der Waals surface area contributed by atoms with Crippen molar-refractivity contribution in [3.05, 3.63) is 59.9 Å². The van der Waals surface area contributed by atoms with Gasteiger partial charge in [-0.2, -0.15) is 0 Å². The van der Waals surface area contributed by atoms with Gasteiger partial charge in [-0.3, -0.25) is 4.79 Å². The number of fused-ring (bicyclic) bond motifs is 1. The summed E-state index contributed by atoms with van der Waals surface area (Å²) >= 11 is 1.41. The highest BCUT2D eigenvalue weighted by atomic mass is 32.2. The molecule has 1 atom stereocenters. The van der Waals surface area contributed by atoms with E-state index < -0.39 is 6.36 Å². The molecule has 3 aromatic rings. The molecule has 0 bridgehead atoms. The Morgan fingerprint density at radius 3 is 2.62 bits per heavy atom. The molecule has 0 aliphatic carbocycles. The monoisotopic (exact) mass is 423 g/mol. The summed E-state index contributed by atoms with van der Waals surface area (Å²) < 4.78 is 41.7. The summed E-state index contributed by atoms with van der Waals surface area (Å²) in [4.78, 5) is 21.6. The summed E-state index contributed by atoms with van der Waals surface area (Å²) in [5, 5.41) is -0.0411. The Kier molecular flexibility index (Phi) is 6.36. The molecular weight excluding hydrogens is 403 g/mol. The number of hydrogen-bond acceptors (Lipinski definition) is 4. The second-order valence-corrected chi connectivity index (χ2v) is 7.83. The smallest absolute Gasteiger partial charge is 0.405 e. The van der Waals surface area contributed by atoms with Crippen molar-refractivity contribution in [3.8, 4) is 5.75 Å². The number of benzene rings is 2. The first-order chi connectivity index (χ1) is 13.7. The molecule has 29 heavy (non-hydrogen) atoms. The number of amides is 1. The molecule has 1 unspecified atom stereocenters. The number of nitrogens with one attached hydrogen (secondary N) is 1. The van der Waals surface area contributed by atoms with E-state index in [1.165, 1.54) is 34.9 Å². The zero-order valence-corrected chi connectivity index (χ0v) is 16.7. The molecule has 1 aromatic heterocycles. The summed E-state index contributed by atoms with van der Waals surface area (Å²) in [6.07, 6.45) is -4.78. The van der Waals surface area contributed by atoms with Gasteiger partial charge in [-0.15, -0.1) is 24.9 Å². The minimum absolute atomic E-state index is 0.0185. The number of hydrogen-bond donors (Lipinski definition) is 1. The number of alkyl halides is 3. The van der Waals surface area contributed by atoms with Gasteiger partial charge in [0.1, 0.15) is 11.6 Å². The highest BCUT2D eigenvalue weighted by Crippen LogP contribution is 2.29. The second-order valence-electron chi connectivity index (χ2n) is 6.50. The maximum absolute atomic E-state index is 12.6. The topological polar surface area (TPSA) is 58.2 Å². The predicted octanol–water partition coefficient (Wildman–Crippen LogP) is 4.91. The molecule has 154 valence electrons. The molecule has 2 aromatic carbocycles. The van der Waals surface area contributed by atoms with E-state index in [1.807, 2.05) is 31.2 Å². The highest BCUT2D eigenvalue weighted by molar-refractivity contribution is 8.00. The third-order valence-electron chi connectivity index (χ3n) is 4.28. The molecule has 1 heterocycles. The number of carbonyl (C=O) groups is 1. The number of thioether (sulfide) groups is 1. The molecule has 0 aliphatic rings. The van der Waals surface area contributed by atoms with Gasteiger partial charge >= 0.3 is 6.36 Å². The van der Waals surface area contributed by atoms with E-state index in [1.54, 1.807) is 13.1 Å². The zero-order valence-electron chi connectivity index (χ0n) is 15.9. The number of aromatic nitrogens is 2. The summed E-state index contributed by atoms with van der Waals surface area (Å²) in [5.74, 6) is 0.454. The molecule has 3 rings (SSSR count). The maximum Gasteiger partial charge on any atom is 0.573 e. The third kappa shape index (κ3) is 5.66. The Bertz CT molecular complexity index is 957. The van der Waals surface area contributed by atoms with E-state index >= 15 is 0 Å². The summed E-state index contributed by atoms with van der Waals surface area (Å²) in [5.41, 5.74) is 2.08. The number of nitrogens with zero attached hydrogens (tertiary/aromatic N) is 2. The van der Waals surface area contributed by atoms with Crippen molar-refractivity contribution in [2.24, 2.45) is 0 Å². The fraction of sp³-hybridized carbons (Fsp3) is 0.300. The van der Waals surface area contributed by atoms with E-state index in [0.717, 1.165) is 16.9 Å².